The molecule has 114 valence electrons. The number of nitrogens with zero attached hydrogens (tertiary/aromatic N) is 3. The van der Waals surface area contributed by atoms with Crippen molar-refractivity contribution in [2.45, 2.75) is 50.0 Å². The molecular formula is C14H18BrN3O2S. The molecule has 0 spiro atoms. The van der Waals surface area contributed by atoms with E-state index in [-0.39, 0.29) is 6.04 Å². The number of anilines is 1. The van der Waals surface area contributed by atoms with Crippen molar-refractivity contribution in [2.24, 2.45) is 0 Å². The molecule has 1 aliphatic heterocycles. The Morgan fingerprint density at radius 3 is 2.71 bits per heavy atom. The first-order valence-corrected chi connectivity index (χ1v) is 9.39. The number of allylic oxidation sites excluding steroid dienone is 1. The summed E-state index contributed by atoms with van der Waals surface area (Å²) < 4.78 is 12.4. The van der Waals surface area contributed by atoms with E-state index in [9.17, 15) is 9.32 Å². The highest BCUT2D eigenvalue weighted by molar-refractivity contribution is 9.11. The van der Waals surface area contributed by atoms with Crippen molar-refractivity contribution in [3.63, 3.8) is 0 Å². The van der Waals surface area contributed by atoms with Gasteiger partial charge in [-0.15, -0.1) is 0 Å². The van der Waals surface area contributed by atoms with Crippen molar-refractivity contribution in [1.29, 1.82) is 0 Å². The molecular weight excluding hydrogens is 354 g/mol. The number of hydrogen-bond acceptors (Lipinski definition) is 5. The van der Waals surface area contributed by atoms with Gasteiger partial charge in [-0.1, -0.05) is 28.8 Å². The molecule has 1 fully saturated rings. The molecule has 1 N–H and O–H groups in total. The molecule has 1 saturated carbocycles. The lowest BCUT2D eigenvalue weighted by Crippen LogP contribution is -2.45. The fourth-order valence-corrected chi connectivity index (χ4v) is 3.92. The zero-order chi connectivity index (χ0) is 15.1. The van der Waals surface area contributed by atoms with Gasteiger partial charge in [0, 0.05) is 28.5 Å². The summed E-state index contributed by atoms with van der Waals surface area (Å²) in [6.07, 6.45) is 6.98. The lowest BCUT2D eigenvalue weighted by atomic mass is 10.0. The van der Waals surface area contributed by atoms with Gasteiger partial charge in [-0.2, -0.15) is 0 Å². The van der Waals surface area contributed by atoms with Gasteiger partial charge in [0.05, 0.1) is 10.8 Å². The number of hydrogen-bond donors (Lipinski definition) is 1. The first-order chi connectivity index (χ1) is 10.0. The second kappa shape index (κ2) is 5.78. The van der Waals surface area contributed by atoms with Gasteiger partial charge < -0.3 is 10.0 Å². The van der Waals surface area contributed by atoms with E-state index in [4.69, 9.17) is 0 Å². The molecule has 2 heterocycles. The molecule has 5 nitrogen and oxygen atoms in total. The summed E-state index contributed by atoms with van der Waals surface area (Å²) in [4.78, 5) is 10.6. The minimum atomic E-state index is -1.23. The van der Waals surface area contributed by atoms with Gasteiger partial charge >= 0.3 is 0 Å². The fourth-order valence-electron chi connectivity index (χ4n) is 3.07. The highest BCUT2D eigenvalue weighted by atomic mass is 79.9. The van der Waals surface area contributed by atoms with Gasteiger partial charge in [0.25, 0.3) is 0 Å². The average molecular weight is 372 g/mol. The standard InChI is InChI=1S/C14H18BrN3O2S/c1-8-10-7-16-14(21(2)20)17-12(10)18(13(19)11(8)15)9-5-3-4-6-9/h7,9,13,19H,3-6H2,1-2H3. The van der Waals surface area contributed by atoms with Crippen LogP contribution in [0.3, 0.4) is 0 Å². The van der Waals surface area contributed by atoms with Gasteiger partial charge in [-0.25, -0.2) is 9.97 Å². The number of fused-ring (bicyclic) bond motifs is 1. The summed E-state index contributed by atoms with van der Waals surface area (Å²) in [5.41, 5.74) is 1.83. The first kappa shape index (κ1) is 15.1. The Kier molecular flexibility index (Phi) is 4.16. The number of halogens is 1. The molecule has 0 radical (unpaired) electrons. The van der Waals surface area contributed by atoms with Crippen molar-refractivity contribution >= 4 is 38.1 Å². The van der Waals surface area contributed by atoms with Crippen molar-refractivity contribution < 1.29 is 9.32 Å². The van der Waals surface area contributed by atoms with Crippen LogP contribution in [0.25, 0.3) is 5.57 Å². The van der Waals surface area contributed by atoms with Gasteiger partial charge in [0.2, 0.25) is 5.16 Å². The molecule has 2 atom stereocenters. The van der Waals surface area contributed by atoms with Crippen LogP contribution in [0.15, 0.2) is 15.8 Å². The third-order valence-corrected chi connectivity index (χ3v) is 5.93. The molecule has 1 aromatic rings. The van der Waals surface area contributed by atoms with Crippen molar-refractivity contribution in [2.75, 3.05) is 11.2 Å². The summed E-state index contributed by atoms with van der Waals surface area (Å²) >= 11 is 3.50. The monoisotopic (exact) mass is 371 g/mol. The first-order valence-electron chi connectivity index (χ1n) is 7.04. The predicted octanol–water partition coefficient (Wildman–Crippen LogP) is 2.42. The molecule has 0 bridgehead atoms. The SMILES string of the molecule is CC1=C(Br)C(O)N(C2CCCC2)c2nc(S(C)=O)ncc21. The Morgan fingerprint density at radius 1 is 1.43 bits per heavy atom. The Morgan fingerprint density at radius 2 is 2.10 bits per heavy atom. The van der Waals surface area contributed by atoms with Crippen molar-refractivity contribution in [1.82, 2.24) is 9.97 Å². The van der Waals surface area contributed by atoms with Gasteiger partial charge in [-0.05, 0) is 25.3 Å². The minimum Gasteiger partial charge on any atom is -0.369 e. The van der Waals surface area contributed by atoms with Crippen LogP contribution in [0.1, 0.15) is 38.2 Å². The summed E-state index contributed by atoms with van der Waals surface area (Å²) in [6, 6.07) is 0.271. The molecule has 2 aliphatic rings. The van der Waals surface area contributed by atoms with Crippen LogP contribution in [-0.4, -0.2) is 37.8 Å². The maximum Gasteiger partial charge on any atom is 0.220 e. The van der Waals surface area contributed by atoms with E-state index in [0.29, 0.717) is 11.0 Å². The molecule has 2 unspecified atom stereocenters. The van der Waals surface area contributed by atoms with Crippen LogP contribution in [0.4, 0.5) is 5.82 Å². The predicted molar refractivity (Wildman–Crippen MR) is 86.6 cm³/mol. The summed E-state index contributed by atoms with van der Waals surface area (Å²) in [7, 11) is -1.23. The van der Waals surface area contributed by atoms with Crippen LogP contribution in [0, 0.1) is 0 Å². The third kappa shape index (κ3) is 2.55. The largest absolute Gasteiger partial charge is 0.369 e. The Hall–Kier alpha value is -0.790. The Balaban J connectivity index is 2.14. The molecule has 21 heavy (non-hydrogen) atoms. The molecule has 0 amide bonds. The second-order valence-electron chi connectivity index (χ2n) is 5.54. The maximum absolute atomic E-state index is 11.7. The van der Waals surface area contributed by atoms with Crippen molar-refractivity contribution in [3.05, 3.63) is 16.2 Å². The second-order valence-corrected chi connectivity index (χ2v) is 7.66. The zero-order valence-corrected chi connectivity index (χ0v) is 14.4. The summed E-state index contributed by atoms with van der Waals surface area (Å²) in [5, 5.41) is 10.9. The number of aromatic nitrogens is 2. The zero-order valence-electron chi connectivity index (χ0n) is 12.0. The molecule has 0 saturated heterocycles. The van der Waals surface area contributed by atoms with E-state index in [1.54, 1.807) is 12.5 Å². The maximum atomic E-state index is 11.7. The number of rotatable bonds is 2. The highest BCUT2D eigenvalue weighted by Gasteiger charge is 2.36. The third-order valence-electron chi connectivity index (χ3n) is 4.22. The highest BCUT2D eigenvalue weighted by Crippen LogP contribution is 2.41. The summed E-state index contributed by atoms with van der Waals surface area (Å²) in [5.74, 6) is 0.704. The van der Waals surface area contributed by atoms with Crippen LogP contribution in [-0.2, 0) is 10.8 Å². The summed E-state index contributed by atoms with van der Waals surface area (Å²) in [6.45, 7) is 1.93. The molecule has 1 aromatic heterocycles. The van der Waals surface area contributed by atoms with E-state index in [1.165, 1.54) is 12.8 Å². The molecule has 0 aromatic carbocycles. The Labute approximate surface area is 135 Å². The number of aliphatic hydroxyl groups is 1. The molecule has 3 rings (SSSR count). The Bertz CT molecular complexity index is 629. The lowest BCUT2D eigenvalue weighted by molar-refractivity contribution is 0.198. The van der Waals surface area contributed by atoms with E-state index in [2.05, 4.69) is 25.9 Å². The van der Waals surface area contributed by atoms with Gasteiger partial charge in [0.1, 0.15) is 5.82 Å². The fraction of sp³-hybridized carbons (Fsp3) is 0.571. The van der Waals surface area contributed by atoms with Crippen LogP contribution in [0.2, 0.25) is 0 Å². The van der Waals surface area contributed by atoms with Gasteiger partial charge in [0.15, 0.2) is 6.23 Å². The van der Waals surface area contributed by atoms with Crippen molar-refractivity contribution in [3.8, 4) is 0 Å². The normalized spacial score (nSPS) is 24.4. The topological polar surface area (TPSA) is 66.3 Å². The van der Waals surface area contributed by atoms with E-state index < -0.39 is 17.0 Å². The van der Waals surface area contributed by atoms with E-state index in [1.807, 2.05) is 11.8 Å². The van der Waals surface area contributed by atoms with Crippen LogP contribution >= 0.6 is 15.9 Å². The van der Waals surface area contributed by atoms with E-state index >= 15 is 0 Å². The average Bonchev–Trinajstić information content (AvgIpc) is 2.98. The molecule has 7 heteroatoms. The van der Waals surface area contributed by atoms with E-state index in [0.717, 1.165) is 28.5 Å². The van der Waals surface area contributed by atoms with Crippen LogP contribution in [0.5, 0.6) is 0 Å². The lowest BCUT2D eigenvalue weighted by Gasteiger charge is -2.39. The quantitative estimate of drug-likeness (QED) is 0.808. The smallest absolute Gasteiger partial charge is 0.220 e. The molecule has 1 aliphatic carbocycles. The minimum absolute atomic E-state index is 0.271. The van der Waals surface area contributed by atoms with Gasteiger partial charge in [-0.3, -0.25) is 4.21 Å². The number of aliphatic hydroxyl groups excluding tert-OH is 1. The van der Waals surface area contributed by atoms with Crippen LogP contribution < -0.4 is 4.90 Å².